The molecule has 1 aromatic rings. The summed E-state index contributed by atoms with van der Waals surface area (Å²) in [4.78, 5) is 26.7. The first-order valence-corrected chi connectivity index (χ1v) is 8.56. The highest BCUT2D eigenvalue weighted by Crippen LogP contribution is 2.43. The lowest BCUT2D eigenvalue weighted by Gasteiger charge is -2.27. The van der Waals surface area contributed by atoms with Crippen LogP contribution < -0.4 is 19.5 Å². The first kappa shape index (κ1) is 18.3. The lowest BCUT2D eigenvalue weighted by molar-refractivity contribution is -0.137. The Morgan fingerprint density at radius 2 is 1.65 bits per heavy atom. The number of benzene rings is 1. The van der Waals surface area contributed by atoms with Crippen LogP contribution in [0.5, 0.6) is 17.2 Å². The maximum Gasteiger partial charge on any atom is 0.228 e. The second-order valence-corrected chi connectivity index (χ2v) is 6.29. The lowest BCUT2D eigenvalue weighted by Crippen LogP contribution is -2.42. The quantitative estimate of drug-likeness (QED) is 0.815. The standard InChI is InChI=1S/C18H24N2O6/c1-23-14-8-11(9-15(24-2)16(14)25-3)19-17(21)12-10-13(12)18(22)20-4-6-26-7-5-20/h8-9,12-13H,4-7,10H2,1-3H3,(H,19,21). The van der Waals surface area contributed by atoms with Crippen molar-refractivity contribution >= 4 is 17.5 Å². The molecule has 0 aromatic heterocycles. The second kappa shape index (κ2) is 7.82. The molecule has 8 nitrogen and oxygen atoms in total. The van der Waals surface area contributed by atoms with Crippen LogP contribution in [0.25, 0.3) is 0 Å². The average molecular weight is 364 g/mol. The van der Waals surface area contributed by atoms with Gasteiger partial charge in [0.25, 0.3) is 0 Å². The highest BCUT2D eigenvalue weighted by atomic mass is 16.5. The van der Waals surface area contributed by atoms with E-state index in [1.165, 1.54) is 21.3 Å². The van der Waals surface area contributed by atoms with Gasteiger partial charge in [0.15, 0.2) is 11.5 Å². The third-order valence-electron chi connectivity index (χ3n) is 4.70. The van der Waals surface area contributed by atoms with E-state index < -0.39 is 0 Å². The minimum atomic E-state index is -0.301. The van der Waals surface area contributed by atoms with Crippen molar-refractivity contribution in [3.05, 3.63) is 12.1 Å². The Balaban J connectivity index is 1.64. The van der Waals surface area contributed by atoms with Crippen molar-refractivity contribution in [2.45, 2.75) is 6.42 Å². The predicted molar refractivity (Wildman–Crippen MR) is 93.7 cm³/mol. The monoisotopic (exact) mass is 364 g/mol. The van der Waals surface area contributed by atoms with E-state index in [4.69, 9.17) is 18.9 Å². The van der Waals surface area contributed by atoms with E-state index in [0.717, 1.165) is 0 Å². The zero-order valence-corrected chi connectivity index (χ0v) is 15.2. The number of ether oxygens (including phenoxy) is 4. The number of nitrogens with one attached hydrogen (secondary N) is 1. The molecule has 0 radical (unpaired) electrons. The Morgan fingerprint density at radius 3 is 2.19 bits per heavy atom. The average Bonchev–Trinajstić information content (AvgIpc) is 3.48. The van der Waals surface area contributed by atoms with Crippen LogP contribution in [0, 0.1) is 11.8 Å². The summed E-state index contributed by atoms with van der Waals surface area (Å²) in [6.45, 7) is 2.30. The van der Waals surface area contributed by atoms with Gasteiger partial charge in [-0.25, -0.2) is 0 Å². The first-order valence-electron chi connectivity index (χ1n) is 8.56. The molecule has 1 N–H and O–H groups in total. The van der Waals surface area contributed by atoms with Gasteiger partial charge in [0.1, 0.15) is 0 Å². The molecule has 0 bridgehead atoms. The Kier molecular flexibility index (Phi) is 5.51. The maximum atomic E-state index is 12.5. The number of morpholine rings is 1. The zero-order valence-electron chi connectivity index (χ0n) is 15.2. The molecule has 2 aliphatic rings. The summed E-state index contributed by atoms with van der Waals surface area (Å²) in [5, 5.41) is 2.84. The fraction of sp³-hybridized carbons (Fsp3) is 0.556. The minimum Gasteiger partial charge on any atom is -0.493 e. The van der Waals surface area contributed by atoms with Gasteiger partial charge in [-0.3, -0.25) is 9.59 Å². The first-order chi connectivity index (χ1) is 12.6. The van der Waals surface area contributed by atoms with E-state index in [9.17, 15) is 9.59 Å². The molecule has 2 amide bonds. The summed E-state index contributed by atoms with van der Waals surface area (Å²) < 4.78 is 21.1. The van der Waals surface area contributed by atoms with Crippen molar-refractivity contribution < 1.29 is 28.5 Å². The Morgan fingerprint density at radius 1 is 1.04 bits per heavy atom. The molecule has 142 valence electrons. The number of methoxy groups -OCH3 is 3. The van der Waals surface area contributed by atoms with Crippen LogP contribution in [-0.2, 0) is 14.3 Å². The molecule has 1 aliphatic heterocycles. The normalized spacial score (nSPS) is 21.7. The molecule has 1 aromatic carbocycles. The van der Waals surface area contributed by atoms with Gasteiger partial charge in [0.2, 0.25) is 17.6 Å². The Bertz CT molecular complexity index is 661. The van der Waals surface area contributed by atoms with Gasteiger partial charge in [-0.2, -0.15) is 0 Å². The van der Waals surface area contributed by atoms with Crippen molar-refractivity contribution in [1.29, 1.82) is 0 Å². The molecule has 1 aliphatic carbocycles. The van der Waals surface area contributed by atoms with Crippen LogP contribution in [-0.4, -0.2) is 64.3 Å². The zero-order chi connectivity index (χ0) is 18.7. The molecule has 2 atom stereocenters. The molecular formula is C18H24N2O6. The van der Waals surface area contributed by atoms with E-state index in [1.807, 2.05) is 0 Å². The summed E-state index contributed by atoms with van der Waals surface area (Å²) in [6.07, 6.45) is 0.576. The number of amides is 2. The Hall–Kier alpha value is -2.48. The minimum absolute atomic E-state index is 0.0401. The summed E-state index contributed by atoms with van der Waals surface area (Å²) >= 11 is 0. The molecule has 2 unspecified atom stereocenters. The van der Waals surface area contributed by atoms with Crippen molar-refractivity contribution in [1.82, 2.24) is 4.90 Å². The van der Waals surface area contributed by atoms with Gasteiger partial charge in [0, 0.05) is 30.9 Å². The maximum absolute atomic E-state index is 12.5. The van der Waals surface area contributed by atoms with E-state index in [-0.39, 0.29) is 23.7 Å². The molecule has 0 spiro atoms. The molecular weight excluding hydrogens is 340 g/mol. The topological polar surface area (TPSA) is 86.3 Å². The van der Waals surface area contributed by atoms with E-state index >= 15 is 0 Å². The third-order valence-corrected chi connectivity index (χ3v) is 4.70. The number of rotatable bonds is 6. The molecule has 2 fully saturated rings. The number of nitrogens with zero attached hydrogens (tertiary/aromatic N) is 1. The molecule has 3 rings (SSSR count). The smallest absolute Gasteiger partial charge is 0.228 e. The number of carbonyl (C=O) groups excluding carboxylic acids is 2. The largest absolute Gasteiger partial charge is 0.493 e. The van der Waals surface area contributed by atoms with Crippen molar-refractivity contribution in [2.75, 3.05) is 52.9 Å². The van der Waals surface area contributed by atoms with E-state index in [0.29, 0.717) is 55.7 Å². The highest BCUT2D eigenvalue weighted by molar-refractivity contribution is 5.99. The van der Waals surface area contributed by atoms with Gasteiger partial charge in [-0.05, 0) is 6.42 Å². The second-order valence-electron chi connectivity index (χ2n) is 6.29. The summed E-state index contributed by atoms with van der Waals surface area (Å²) in [5.41, 5.74) is 0.536. The van der Waals surface area contributed by atoms with Crippen LogP contribution in [0.1, 0.15) is 6.42 Å². The fourth-order valence-corrected chi connectivity index (χ4v) is 3.16. The molecule has 1 heterocycles. The SMILES string of the molecule is COc1cc(NC(=O)C2CC2C(=O)N2CCOCC2)cc(OC)c1OC. The molecule has 1 saturated carbocycles. The molecule has 26 heavy (non-hydrogen) atoms. The predicted octanol–water partition coefficient (Wildman–Crippen LogP) is 1.15. The van der Waals surface area contributed by atoms with Crippen LogP contribution in [0.2, 0.25) is 0 Å². The van der Waals surface area contributed by atoms with E-state index in [2.05, 4.69) is 5.32 Å². The van der Waals surface area contributed by atoms with E-state index in [1.54, 1.807) is 17.0 Å². The Labute approximate surface area is 152 Å². The van der Waals surface area contributed by atoms with Gasteiger partial charge in [-0.1, -0.05) is 0 Å². The number of hydrogen-bond acceptors (Lipinski definition) is 6. The molecule has 8 heteroatoms. The van der Waals surface area contributed by atoms with Gasteiger partial charge in [-0.15, -0.1) is 0 Å². The van der Waals surface area contributed by atoms with Crippen molar-refractivity contribution in [3.63, 3.8) is 0 Å². The number of anilines is 1. The van der Waals surface area contributed by atoms with Crippen molar-refractivity contribution in [2.24, 2.45) is 11.8 Å². The highest BCUT2D eigenvalue weighted by Gasteiger charge is 2.49. The summed E-state index contributed by atoms with van der Waals surface area (Å²) in [6, 6.07) is 3.33. The molecule has 1 saturated heterocycles. The summed E-state index contributed by atoms with van der Waals surface area (Å²) in [5.74, 6) is 0.696. The fourth-order valence-electron chi connectivity index (χ4n) is 3.16. The van der Waals surface area contributed by atoms with Crippen LogP contribution >= 0.6 is 0 Å². The van der Waals surface area contributed by atoms with Crippen LogP contribution in [0.3, 0.4) is 0 Å². The number of carbonyl (C=O) groups is 2. The van der Waals surface area contributed by atoms with Gasteiger partial charge >= 0.3 is 0 Å². The summed E-state index contributed by atoms with van der Waals surface area (Å²) in [7, 11) is 4.55. The lowest BCUT2D eigenvalue weighted by atomic mass is 10.2. The van der Waals surface area contributed by atoms with Gasteiger partial charge < -0.3 is 29.2 Å². The third kappa shape index (κ3) is 3.70. The van der Waals surface area contributed by atoms with Gasteiger partial charge in [0.05, 0.1) is 46.4 Å². The van der Waals surface area contributed by atoms with Crippen LogP contribution in [0.15, 0.2) is 12.1 Å². The van der Waals surface area contributed by atoms with Crippen molar-refractivity contribution in [3.8, 4) is 17.2 Å². The number of hydrogen-bond donors (Lipinski definition) is 1. The van der Waals surface area contributed by atoms with Crippen LogP contribution in [0.4, 0.5) is 5.69 Å².